The summed E-state index contributed by atoms with van der Waals surface area (Å²) in [5.41, 5.74) is 0.416. The summed E-state index contributed by atoms with van der Waals surface area (Å²) < 4.78 is 5.01. The van der Waals surface area contributed by atoms with Gasteiger partial charge < -0.3 is 15.2 Å². The van der Waals surface area contributed by atoms with Gasteiger partial charge in [-0.1, -0.05) is 0 Å². The van der Waals surface area contributed by atoms with Crippen molar-refractivity contribution in [1.29, 1.82) is 0 Å². The van der Waals surface area contributed by atoms with Crippen molar-refractivity contribution < 1.29 is 19.4 Å². The molecule has 0 spiro atoms. The maximum atomic E-state index is 11.9. The number of pyridine rings is 1. The maximum absolute atomic E-state index is 11.9. The smallest absolute Gasteiger partial charge is 0.341 e. The molecule has 21 heavy (non-hydrogen) atoms. The van der Waals surface area contributed by atoms with Crippen LogP contribution in [0, 0.1) is 5.92 Å². The third kappa shape index (κ3) is 3.93. The lowest BCUT2D eigenvalue weighted by atomic mass is 9.86. The minimum Gasteiger partial charge on any atom is -0.481 e. The van der Waals surface area contributed by atoms with Crippen molar-refractivity contribution in [3.63, 3.8) is 0 Å². The van der Waals surface area contributed by atoms with Crippen LogP contribution in [0.25, 0.3) is 0 Å². The summed E-state index contributed by atoms with van der Waals surface area (Å²) in [6.45, 7) is 2.07. The molecule has 6 nitrogen and oxygen atoms in total. The SMILES string of the molecule is CCOC(=O)c1cccnc1NC1CCC(C(=O)O)CC1. The molecule has 1 heterocycles. The Morgan fingerprint density at radius 1 is 1.38 bits per heavy atom. The first-order valence-corrected chi connectivity index (χ1v) is 7.23. The topological polar surface area (TPSA) is 88.5 Å². The molecular weight excluding hydrogens is 272 g/mol. The Morgan fingerprint density at radius 2 is 2.10 bits per heavy atom. The Hall–Kier alpha value is -2.11. The molecule has 0 aliphatic heterocycles. The first-order valence-electron chi connectivity index (χ1n) is 7.23. The molecule has 1 saturated carbocycles. The highest BCUT2D eigenvalue weighted by molar-refractivity contribution is 5.94. The molecule has 0 saturated heterocycles. The molecule has 0 radical (unpaired) electrons. The fourth-order valence-electron chi connectivity index (χ4n) is 2.57. The van der Waals surface area contributed by atoms with Gasteiger partial charge in [0, 0.05) is 12.2 Å². The van der Waals surface area contributed by atoms with Gasteiger partial charge in [0.1, 0.15) is 11.4 Å². The van der Waals surface area contributed by atoms with Gasteiger partial charge in [-0.25, -0.2) is 9.78 Å². The maximum Gasteiger partial charge on any atom is 0.341 e. The van der Waals surface area contributed by atoms with Crippen LogP contribution >= 0.6 is 0 Å². The second kappa shape index (κ2) is 7.06. The molecule has 1 aliphatic rings. The van der Waals surface area contributed by atoms with E-state index >= 15 is 0 Å². The van der Waals surface area contributed by atoms with Gasteiger partial charge in [0.2, 0.25) is 0 Å². The second-order valence-electron chi connectivity index (χ2n) is 5.15. The van der Waals surface area contributed by atoms with Gasteiger partial charge in [-0.2, -0.15) is 0 Å². The summed E-state index contributed by atoms with van der Waals surface area (Å²) in [6.07, 6.45) is 4.43. The van der Waals surface area contributed by atoms with E-state index in [1.54, 1.807) is 25.3 Å². The summed E-state index contributed by atoms with van der Waals surface area (Å²) >= 11 is 0. The highest BCUT2D eigenvalue weighted by Gasteiger charge is 2.26. The molecule has 6 heteroatoms. The van der Waals surface area contributed by atoms with E-state index in [9.17, 15) is 9.59 Å². The molecule has 0 aromatic carbocycles. The first kappa shape index (κ1) is 15.3. The van der Waals surface area contributed by atoms with Gasteiger partial charge in [-0.05, 0) is 44.7 Å². The molecular formula is C15H20N2O4. The van der Waals surface area contributed by atoms with Crippen LogP contribution in [-0.2, 0) is 9.53 Å². The summed E-state index contributed by atoms with van der Waals surface area (Å²) in [6, 6.07) is 3.51. The number of nitrogens with one attached hydrogen (secondary N) is 1. The number of aliphatic carboxylic acids is 1. The van der Waals surface area contributed by atoms with Crippen LogP contribution < -0.4 is 5.32 Å². The number of hydrogen-bond donors (Lipinski definition) is 2. The number of rotatable bonds is 5. The highest BCUT2D eigenvalue weighted by Crippen LogP contribution is 2.27. The molecule has 0 bridgehead atoms. The van der Waals surface area contributed by atoms with Gasteiger partial charge in [0.25, 0.3) is 0 Å². The van der Waals surface area contributed by atoms with E-state index in [0.29, 0.717) is 30.8 Å². The fourth-order valence-corrected chi connectivity index (χ4v) is 2.57. The third-order valence-corrected chi connectivity index (χ3v) is 3.72. The minimum atomic E-state index is -0.724. The normalized spacial score (nSPS) is 21.6. The number of esters is 1. The predicted octanol–water partition coefficient (Wildman–Crippen LogP) is 2.31. The highest BCUT2D eigenvalue weighted by atomic mass is 16.5. The molecule has 1 fully saturated rings. The number of nitrogens with zero attached hydrogens (tertiary/aromatic N) is 1. The second-order valence-corrected chi connectivity index (χ2v) is 5.15. The van der Waals surface area contributed by atoms with Gasteiger partial charge in [0.15, 0.2) is 0 Å². The largest absolute Gasteiger partial charge is 0.481 e. The van der Waals surface area contributed by atoms with E-state index in [0.717, 1.165) is 12.8 Å². The summed E-state index contributed by atoms with van der Waals surface area (Å²) in [4.78, 5) is 27.0. The summed E-state index contributed by atoms with van der Waals surface area (Å²) in [7, 11) is 0. The lowest BCUT2D eigenvalue weighted by molar-refractivity contribution is -0.142. The van der Waals surface area contributed by atoms with Gasteiger partial charge in [-0.15, -0.1) is 0 Å². The van der Waals surface area contributed by atoms with E-state index in [1.165, 1.54) is 0 Å². The third-order valence-electron chi connectivity index (χ3n) is 3.72. The van der Waals surface area contributed by atoms with E-state index in [1.807, 2.05) is 0 Å². The standard InChI is InChI=1S/C15H20N2O4/c1-2-21-15(20)12-4-3-9-16-13(12)17-11-7-5-10(6-8-11)14(18)19/h3-4,9-11H,2,5-8H2,1H3,(H,16,17)(H,18,19). The monoisotopic (exact) mass is 292 g/mol. The lowest BCUT2D eigenvalue weighted by Crippen LogP contribution is -2.30. The Bertz CT molecular complexity index is 510. The molecule has 1 aromatic rings. The molecule has 0 unspecified atom stereocenters. The van der Waals surface area contributed by atoms with Gasteiger partial charge >= 0.3 is 11.9 Å². The number of anilines is 1. The zero-order valence-corrected chi connectivity index (χ0v) is 12.0. The Morgan fingerprint density at radius 3 is 2.71 bits per heavy atom. The molecule has 1 aromatic heterocycles. The Labute approximate surface area is 123 Å². The van der Waals surface area contributed by atoms with Crippen LogP contribution in [0.15, 0.2) is 18.3 Å². The number of carboxylic acids is 1. The number of carbonyl (C=O) groups excluding carboxylic acids is 1. The minimum absolute atomic E-state index is 0.142. The van der Waals surface area contributed by atoms with Crippen molar-refractivity contribution in [2.45, 2.75) is 38.6 Å². The molecule has 0 atom stereocenters. The Kier molecular flexibility index (Phi) is 5.14. The van der Waals surface area contributed by atoms with Crippen LogP contribution in [0.4, 0.5) is 5.82 Å². The van der Waals surface area contributed by atoms with Crippen LogP contribution in [0.2, 0.25) is 0 Å². The van der Waals surface area contributed by atoms with Crippen molar-refractivity contribution in [1.82, 2.24) is 4.98 Å². The number of carboxylic acid groups (broad SMARTS) is 1. The summed E-state index contributed by atoms with van der Waals surface area (Å²) in [5, 5.41) is 12.2. The number of ether oxygens (including phenoxy) is 1. The number of carbonyl (C=O) groups is 2. The predicted molar refractivity (Wildman–Crippen MR) is 77.2 cm³/mol. The van der Waals surface area contributed by atoms with Crippen LogP contribution in [0.1, 0.15) is 43.0 Å². The average Bonchev–Trinajstić information content (AvgIpc) is 2.48. The average molecular weight is 292 g/mol. The molecule has 114 valence electrons. The van der Waals surface area contributed by atoms with Crippen molar-refractivity contribution in [2.24, 2.45) is 5.92 Å². The number of hydrogen-bond acceptors (Lipinski definition) is 5. The van der Waals surface area contributed by atoms with E-state index < -0.39 is 11.9 Å². The van der Waals surface area contributed by atoms with Gasteiger partial charge in [0.05, 0.1) is 12.5 Å². The van der Waals surface area contributed by atoms with Crippen molar-refractivity contribution >= 4 is 17.8 Å². The van der Waals surface area contributed by atoms with Crippen molar-refractivity contribution in [3.8, 4) is 0 Å². The first-order chi connectivity index (χ1) is 10.1. The van der Waals surface area contributed by atoms with E-state index in [2.05, 4.69) is 10.3 Å². The zero-order chi connectivity index (χ0) is 15.2. The zero-order valence-electron chi connectivity index (χ0n) is 12.0. The van der Waals surface area contributed by atoms with E-state index in [-0.39, 0.29) is 12.0 Å². The fraction of sp³-hybridized carbons (Fsp3) is 0.533. The quantitative estimate of drug-likeness (QED) is 0.810. The van der Waals surface area contributed by atoms with Crippen LogP contribution in [0.5, 0.6) is 0 Å². The lowest BCUT2D eigenvalue weighted by Gasteiger charge is -2.27. The van der Waals surface area contributed by atoms with Crippen LogP contribution in [-0.4, -0.2) is 34.7 Å². The summed E-state index contributed by atoms with van der Waals surface area (Å²) in [5.74, 6) is -0.864. The van der Waals surface area contributed by atoms with E-state index in [4.69, 9.17) is 9.84 Å². The van der Waals surface area contributed by atoms with Crippen molar-refractivity contribution in [2.75, 3.05) is 11.9 Å². The molecule has 2 N–H and O–H groups in total. The molecule has 0 amide bonds. The number of aromatic nitrogens is 1. The molecule has 1 aliphatic carbocycles. The van der Waals surface area contributed by atoms with Crippen molar-refractivity contribution in [3.05, 3.63) is 23.9 Å². The van der Waals surface area contributed by atoms with Crippen LogP contribution in [0.3, 0.4) is 0 Å². The Balaban J connectivity index is 2.01. The molecule has 2 rings (SSSR count). The van der Waals surface area contributed by atoms with Gasteiger partial charge in [-0.3, -0.25) is 4.79 Å².